The smallest absolute Gasteiger partial charge is 0.300 e. The minimum atomic E-state index is -0.742. The molecule has 4 aromatic rings. The summed E-state index contributed by atoms with van der Waals surface area (Å²) < 4.78 is 12.8. The Morgan fingerprint density at radius 2 is 1.64 bits per heavy atom. The molecule has 1 aliphatic rings. The number of fused-ring (bicyclic) bond motifs is 1. The number of benzene rings is 3. The van der Waals surface area contributed by atoms with Crippen LogP contribution >= 0.6 is 15.9 Å². The Bertz CT molecular complexity index is 1170. The van der Waals surface area contributed by atoms with Gasteiger partial charge in [-0.1, -0.05) is 40.2 Å². The molecular formula is C26H26BrN3O3. The van der Waals surface area contributed by atoms with Gasteiger partial charge in [-0.25, -0.2) is 0 Å². The minimum Gasteiger partial charge on any atom is -0.492 e. The largest absolute Gasteiger partial charge is 0.492 e. The molecule has 0 aliphatic carbocycles. The first-order valence-corrected chi connectivity index (χ1v) is 11.9. The van der Waals surface area contributed by atoms with Crippen molar-refractivity contribution in [1.82, 2.24) is 14.9 Å². The molecule has 0 bridgehead atoms. The van der Waals surface area contributed by atoms with Gasteiger partial charge in [-0.3, -0.25) is 4.90 Å². The highest BCUT2D eigenvalue weighted by atomic mass is 79.9. The second-order valence-electron chi connectivity index (χ2n) is 8.36. The summed E-state index contributed by atoms with van der Waals surface area (Å²) in [6.45, 7) is 3.12. The maximum atomic E-state index is 11.0. The highest BCUT2D eigenvalue weighted by molar-refractivity contribution is 9.10. The maximum absolute atomic E-state index is 11.0. The number of para-hydroxylation sites is 2. The van der Waals surface area contributed by atoms with Crippen LogP contribution in [0.2, 0.25) is 0 Å². The number of aliphatic hydroxyl groups is 1. The zero-order chi connectivity index (χ0) is 22.7. The molecule has 170 valence electrons. The average Bonchev–Trinajstić information content (AvgIpc) is 3.24. The van der Waals surface area contributed by atoms with Gasteiger partial charge in [0, 0.05) is 24.1 Å². The summed E-state index contributed by atoms with van der Waals surface area (Å²) in [5.74, 6) is 1.50. The molecule has 7 heteroatoms. The molecule has 0 amide bonds. The predicted octanol–water partition coefficient (Wildman–Crippen LogP) is 5.48. The van der Waals surface area contributed by atoms with Crippen LogP contribution < -0.4 is 9.47 Å². The van der Waals surface area contributed by atoms with Crippen LogP contribution in [0.25, 0.3) is 11.0 Å². The summed E-state index contributed by atoms with van der Waals surface area (Å²) in [6, 6.07) is 23.8. The molecule has 0 atom stereocenters. The second-order valence-corrected chi connectivity index (χ2v) is 9.28. The molecule has 0 saturated carbocycles. The van der Waals surface area contributed by atoms with Crippen molar-refractivity contribution in [2.45, 2.75) is 18.4 Å². The van der Waals surface area contributed by atoms with E-state index in [1.807, 2.05) is 72.8 Å². The van der Waals surface area contributed by atoms with Gasteiger partial charge in [0.2, 0.25) is 0 Å². The molecular weight excluding hydrogens is 482 g/mol. The number of aromatic amines is 1. The van der Waals surface area contributed by atoms with Gasteiger partial charge in [0.05, 0.1) is 16.6 Å². The molecule has 0 radical (unpaired) electrons. The highest BCUT2D eigenvalue weighted by Gasteiger charge is 2.33. The number of likely N-dealkylation sites (tertiary alicyclic amines) is 1. The molecule has 0 unspecified atom stereocenters. The van der Waals surface area contributed by atoms with E-state index < -0.39 is 5.60 Å². The third-order valence-corrected chi connectivity index (χ3v) is 6.68. The summed E-state index contributed by atoms with van der Waals surface area (Å²) in [5.41, 5.74) is 2.07. The topological polar surface area (TPSA) is 70.6 Å². The first kappa shape index (κ1) is 21.9. The Balaban J connectivity index is 1.08. The quantitative estimate of drug-likeness (QED) is 0.346. The van der Waals surface area contributed by atoms with Gasteiger partial charge in [0.15, 0.2) is 0 Å². The molecule has 1 fully saturated rings. The predicted molar refractivity (Wildman–Crippen MR) is 132 cm³/mol. The molecule has 6 nitrogen and oxygen atoms in total. The molecule has 2 heterocycles. The van der Waals surface area contributed by atoms with Crippen LogP contribution in [-0.2, 0) is 5.60 Å². The summed E-state index contributed by atoms with van der Waals surface area (Å²) in [5, 5.41) is 11.0. The third kappa shape index (κ3) is 5.21. The fourth-order valence-corrected chi connectivity index (χ4v) is 4.45. The van der Waals surface area contributed by atoms with Crippen LogP contribution in [0.4, 0.5) is 0 Å². The molecule has 0 spiro atoms. The summed E-state index contributed by atoms with van der Waals surface area (Å²) in [4.78, 5) is 9.93. The van der Waals surface area contributed by atoms with Crippen LogP contribution in [0.15, 0.2) is 77.3 Å². The Hall–Kier alpha value is -2.87. The van der Waals surface area contributed by atoms with Crippen molar-refractivity contribution in [1.29, 1.82) is 0 Å². The number of rotatable bonds is 7. The molecule has 2 N–H and O–H groups in total. The van der Waals surface area contributed by atoms with Gasteiger partial charge in [0.25, 0.3) is 6.01 Å². The molecule has 1 aliphatic heterocycles. The van der Waals surface area contributed by atoms with Crippen molar-refractivity contribution in [2.24, 2.45) is 0 Å². The van der Waals surface area contributed by atoms with Crippen molar-refractivity contribution < 1.29 is 14.6 Å². The number of H-pyrrole nitrogens is 1. The van der Waals surface area contributed by atoms with Crippen molar-refractivity contribution in [3.63, 3.8) is 0 Å². The van der Waals surface area contributed by atoms with E-state index in [2.05, 4.69) is 30.8 Å². The van der Waals surface area contributed by atoms with Gasteiger partial charge in [-0.05, 0) is 66.9 Å². The second kappa shape index (κ2) is 9.55. The number of nitrogens with one attached hydrogen (secondary N) is 1. The molecule has 3 aromatic carbocycles. The number of halogens is 1. The Kier molecular flexibility index (Phi) is 6.35. The van der Waals surface area contributed by atoms with E-state index >= 15 is 0 Å². The number of nitrogens with zero attached hydrogens (tertiary/aromatic N) is 2. The summed E-state index contributed by atoms with van der Waals surface area (Å²) >= 11 is 3.45. The van der Waals surface area contributed by atoms with Gasteiger partial charge < -0.3 is 19.6 Å². The van der Waals surface area contributed by atoms with E-state index in [1.165, 1.54) is 0 Å². The summed E-state index contributed by atoms with van der Waals surface area (Å²) in [7, 11) is 0. The van der Waals surface area contributed by atoms with E-state index in [1.54, 1.807) is 0 Å². The molecule has 1 aromatic heterocycles. The van der Waals surface area contributed by atoms with Crippen LogP contribution in [-0.4, -0.2) is 46.2 Å². The van der Waals surface area contributed by atoms with Crippen LogP contribution in [0.1, 0.15) is 18.4 Å². The van der Waals surface area contributed by atoms with Gasteiger partial charge in [-0.15, -0.1) is 0 Å². The monoisotopic (exact) mass is 507 g/mol. The van der Waals surface area contributed by atoms with E-state index in [4.69, 9.17) is 9.47 Å². The van der Waals surface area contributed by atoms with E-state index in [0.29, 0.717) is 18.4 Å². The lowest BCUT2D eigenvalue weighted by molar-refractivity contribution is -0.0278. The maximum Gasteiger partial charge on any atom is 0.300 e. The lowest BCUT2D eigenvalue weighted by atomic mass is 9.84. The lowest BCUT2D eigenvalue weighted by Gasteiger charge is -2.38. The Morgan fingerprint density at radius 3 is 2.36 bits per heavy atom. The van der Waals surface area contributed by atoms with Gasteiger partial charge in [-0.2, -0.15) is 4.98 Å². The van der Waals surface area contributed by atoms with Crippen molar-refractivity contribution in [3.05, 3.63) is 82.8 Å². The van der Waals surface area contributed by atoms with Gasteiger partial charge >= 0.3 is 0 Å². The van der Waals surface area contributed by atoms with Crippen LogP contribution in [0.3, 0.4) is 0 Å². The minimum absolute atomic E-state index is 0.470. The fraction of sp³-hybridized carbons (Fsp3) is 0.269. The van der Waals surface area contributed by atoms with E-state index in [9.17, 15) is 5.11 Å². The highest BCUT2D eigenvalue weighted by Crippen LogP contribution is 2.33. The zero-order valence-corrected chi connectivity index (χ0v) is 19.8. The molecule has 1 saturated heterocycles. The van der Waals surface area contributed by atoms with Crippen molar-refractivity contribution in [3.8, 4) is 17.5 Å². The normalized spacial score (nSPS) is 16.1. The standard InChI is InChI=1S/C26H26BrN3O3/c27-20-7-5-19(6-8-20)26(31)13-15-30(16-14-26)17-18-32-21-9-11-22(12-10-21)33-25-28-23-3-1-2-4-24(23)29-25/h1-12,31H,13-18H2,(H,28,29). The molecule has 5 rings (SSSR count). The fourth-order valence-electron chi connectivity index (χ4n) is 4.18. The summed E-state index contributed by atoms with van der Waals surface area (Å²) in [6.07, 6.45) is 1.45. The third-order valence-electron chi connectivity index (χ3n) is 6.15. The number of hydrogen-bond acceptors (Lipinski definition) is 5. The number of hydrogen-bond donors (Lipinski definition) is 2. The SMILES string of the molecule is OC1(c2ccc(Br)cc2)CCN(CCOc2ccc(Oc3nc4ccccc4[nH]3)cc2)CC1. The zero-order valence-electron chi connectivity index (χ0n) is 18.2. The first-order valence-electron chi connectivity index (χ1n) is 11.1. The first-order chi connectivity index (χ1) is 16.1. The van der Waals surface area contributed by atoms with E-state index in [0.717, 1.165) is 59.3 Å². The number of piperidine rings is 1. The lowest BCUT2D eigenvalue weighted by Crippen LogP contribution is -2.43. The van der Waals surface area contributed by atoms with Crippen LogP contribution in [0.5, 0.6) is 17.5 Å². The van der Waals surface area contributed by atoms with Gasteiger partial charge in [0.1, 0.15) is 18.1 Å². The number of aromatic nitrogens is 2. The van der Waals surface area contributed by atoms with Crippen molar-refractivity contribution >= 4 is 27.0 Å². The number of ether oxygens (including phenoxy) is 2. The van der Waals surface area contributed by atoms with Crippen molar-refractivity contribution in [2.75, 3.05) is 26.2 Å². The Labute approximate surface area is 201 Å². The number of imidazole rings is 1. The average molecular weight is 508 g/mol. The van der Waals surface area contributed by atoms with Crippen LogP contribution in [0, 0.1) is 0 Å². The van der Waals surface area contributed by atoms with E-state index in [-0.39, 0.29) is 0 Å². The molecule has 33 heavy (non-hydrogen) atoms. The Morgan fingerprint density at radius 1 is 0.939 bits per heavy atom.